The molecule has 0 aromatic rings. The molecule has 1 heterocycles. The van der Waals surface area contributed by atoms with Crippen LogP contribution < -0.4 is 5.73 Å². The Kier molecular flexibility index (Phi) is 2.87. The molecule has 1 aliphatic carbocycles. The smallest absolute Gasteiger partial charge is 0.410 e. The zero-order valence-electron chi connectivity index (χ0n) is 9.37. The molecule has 0 aromatic heterocycles. The molecule has 1 saturated carbocycles. The number of cyclic esters (lactones) is 1. The first-order valence-electron chi connectivity index (χ1n) is 5.82. The van der Waals surface area contributed by atoms with E-state index in [0.717, 1.165) is 18.8 Å². The number of rotatable bonds is 2. The van der Waals surface area contributed by atoms with Gasteiger partial charge in [0.05, 0.1) is 12.1 Å². The summed E-state index contributed by atoms with van der Waals surface area (Å²) in [7, 11) is 0. The van der Waals surface area contributed by atoms with Gasteiger partial charge in [0, 0.05) is 6.54 Å². The van der Waals surface area contributed by atoms with Gasteiger partial charge in [0.2, 0.25) is 0 Å². The average molecular weight is 212 g/mol. The van der Waals surface area contributed by atoms with E-state index in [1.807, 2.05) is 4.90 Å². The molecule has 0 aromatic carbocycles. The summed E-state index contributed by atoms with van der Waals surface area (Å²) in [6, 6.07) is 0. The van der Waals surface area contributed by atoms with Crippen LogP contribution in [0.25, 0.3) is 0 Å². The number of carbonyl (C=O) groups excluding carboxylic acids is 1. The van der Waals surface area contributed by atoms with Crippen molar-refractivity contribution >= 4 is 6.09 Å². The van der Waals surface area contributed by atoms with Gasteiger partial charge in [-0.05, 0) is 31.6 Å². The molecule has 15 heavy (non-hydrogen) atoms. The lowest BCUT2D eigenvalue weighted by molar-refractivity contribution is 0.0764. The van der Waals surface area contributed by atoms with E-state index in [0.29, 0.717) is 19.7 Å². The van der Waals surface area contributed by atoms with Crippen LogP contribution in [-0.2, 0) is 4.74 Å². The van der Waals surface area contributed by atoms with Crippen molar-refractivity contribution in [1.82, 2.24) is 4.90 Å². The number of ether oxygens (including phenoxy) is 1. The fraction of sp³-hybridized carbons (Fsp3) is 0.909. The topological polar surface area (TPSA) is 55.6 Å². The van der Waals surface area contributed by atoms with Gasteiger partial charge in [-0.2, -0.15) is 0 Å². The summed E-state index contributed by atoms with van der Waals surface area (Å²) < 4.78 is 5.00. The molecule has 2 rings (SSSR count). The molecule has 1 amide bonds. The zero-order valence-corrected chi connectivity index (χ0v) is 9.37. The second-order valence-electron chi connectivity index (χ2n) is 4.88. The van der Waals surface area contributed by atoms with Crippen LogP contribution in [-0.4, -0.2) is 36.2 Å². The zero-order chi connectivity index (χ0) is 10.9. The van der Waals surface area contributed by atoms with E-state index >= 15 is 0 Å². The molecule has 4 heteroatoms. The third-order valence-electron chi connectivity index (χ3n) is 3.92. The minimum absolute atomic E-state index is 0.111. The number of amides is 1. The highest BCUT2D eigenvalue weighted by atomic mass is 16.6. The second-order valence-corrected chi connectivity index (χ2v) is 4.88. The second kappa shape index (κ2) is 4.00. The van der Waals surface area contributed by atoms with Crippen molar-refractivity contribution in [2.45, 2.75) is 38.1 Å². The van der Waals surface area contributed by atoms with E-state index in [1.165, 1.54) is 12.8 Å². The standard InChI is InChI=1S/C11H20N2O2/c1-9-2-4-11(8-12,5-3-9)13-6-7-15-10(13)14/h9H,2-8,12H2,1H3. The number of nitrogens with zero attached hydrogens (tertiary/aromatic N) is 1. The third kappa shape index (κ3) is 1.83. The lowest BCUT2D eigenvalue weighted by Gasteiger charge is -2.44. The minimum atomic E-state index is -0.171. The van der Waals surface area contributed by atoms with Gasteiger partial charge < -0.3 is 10.5 Å². The monoisotopic (exact) mass is 212 g/mol. The molecule has 86 valence electrons. The largest absolute Gasteiger partial charge is 0.448 e. The first kappa shape index (κ1) is 10.7. The molecule has 1 aliphatic heterocycles. The molecule has 0 atom stereocenters. The molecule has 0 radical (unpaired) electrons. The lowest BCUT2D eigenvalue weighted by atomic mass is 9.76. The van der Waals surface area contributed by atoms with Crippen LogP contribution in [0.1, 0.15) is 32.6 Å². The normalized spacial score (nSPS) is 36.8. The maximum absolute atomic E-state index is 11.6. The summed E-state index contributed by atoms with van der Waals surface area (Å²) in [4.78, 5) is 13.4. The predicted molar refractivity (Wildman–Crippen MR) is 57.5 cm³/mol. The van der Waals surface area contributed by atoms with Crippen LogP contribution in [0.4, 0.5) is 4.79 Å². The SMILES string of the molecule is CC1CCC(CN)(N2CCOC2=O)CC1. The molecular formula is C11H20N2O2. The third-order valence-corrected chi connectivity index (χ3v) is 3.92. The van der Waals surface area contributed by atoms with Crippen LogP contribution in [0.3, 0.4) is 0 Å². The maximum Gasteiger partial charge on any atom is 0.410 e. The summed E-state index contributed by atoms with van der Waals surface area (Å²) >= 11 is 0. The molecule has 4 nitrogen and oxygen atoms in total. The Labute approximate surface area is 90.8 Å². The minimum Gasteiger partial charge on any atom is -0.448 e. The first-order valence-corrected chi connectivity index (χ1v) is 5.82. The van der Waals surface area contributed by atoms with E-state index in [2.05, 4.69) is 6.92 Å². The van der Waals surface area contributed by atoms with Gasteiger partial charge in [-0.3, -0.25) is 4.90 Å². The number of hydrogen-bond acceptors (Lipinski definition) is 3. The van der Waals surface area contributed by atoms with Crippen molar-refractivity contribution in [1.29, 1.82) is 0 Å². The van der Waals surface area contributed by atoms with Crippen LogP contribution in [0.5, 0.6) is 0 Å². The van der Waals surface area contributed by atoms with Crippen molar-refractivity contribution in [3.63, 3.8) is 0 Å². The Balaban J connectivity index is 2.10. The summed E-state index contributed by atoms with van der Waals surface area (Å²) in [5.41, 5.74) is 5.77. The van der Waals surface area contributed by atoms with E-state index in [4.69, 9.17) is 10.5 Å². The molecule has 2 fully saturated rings. The van der Waals surface area contributed by atoms with Crippen LogP contribution in [0.2, 0.25) is 0 Å². The highest BCUT2D eigenvalue weighted by molar-refractivity contribution is 5.70. The highest BCUT2D eigenvalue weighted by Gasteiger charge is 2.43. The van der Waals surface area contributed by atoms with E-state index in [9.17, 15) is 4.79 Å². The van der Waals surface area contributed by atoms with Crippen molar-refractivity contribution < 1.29 is 9.53 Å². The molecule has 0 spiro atoms. The Morgan fingerprint density at radius 1 is 1.53 bits per heavy atom. The Morgan fingerprint density at radius 2 is 2.20 bits per heavy atom. The maximum atomic E-state index is 11.6. The molecule has 2 N–H and O–H groups in total. The molecule has 1 saturated heterocycles. The van der Waals surface area contributed by atoms with E-state index in [-0.39, 0.29) is 11.6 Å². The quantitative estimate of drug-likeness (QED) is 0.751. The van der Waals surface area contributed by atoms with Gasteiger partial charge in [0.1, 0.15) is 6.61 Å². The van der Waals surface area contributed by atoms with Crippen LogP contribution >= 0.6 is 0 Å². The van der Waals surface area contributed by atoms with Gasteiger partial charge in [0.15, 0.2) is 0 Å². The average Bonchev–Trinajstić information content (AvgIpc) is 2.67. The Hall–Kier alpha value is -0.770. The van der Waals surface area contributed by atoms with E-state index in [1.54, 1.807) is 0 Å². The van der Waals surface area contributed by atoms with Gasteiger partial charge in [-0.25, -0.2) is 4.79 Å². The lowest BCUT2D eigenvalue weighted by Crippen LogP contribution is -2.56. The molecular weight excluding hydrogens is 192 g/mol. The van der Waals surface area contributed by atoms with Crippen molar-refractivity contribution in [2.75, 3.05) is 19.7 Å². The fourth-order valence-electron chi connectivity index (χ4n) is 2.71. The fourth-order valence-corrected chi connectivity index (χ4v) is 2.71. The van der Waals surface area contributed by atoms with Crippen LogP contribution in [0.15, 0.2) is 0 Å². The summed E-state index contributed by atoms with van der Waals surface area (Å²) in [5, 5.41) is 0. The van der Waals surface area contributed by atoms with Gasteiger partial charge >= 0.3 is 6.09 Å². The van der Waals surface area contributed by atoms with Crippen molar-refractivity contribution in [3.8, 4) is 0 Å². The number of hydrogen-bond donors (Lipinski definition) is 1. The van der Waals surface area contributed by atoms with Crippen LogP contribution in [0, 0.1) is 5.92 Å². The molecule has 0 bridgehead atoms. The van der Waals surface area contributed by atoms with E-state index < -0.39 is 0 Å². The first-order chi connectivity index (χ1) is 7.18. The summed E-state index contributed by atoms with van der Waals surface area (Å²) in [6.45, 7) is 4.07. The molecule has 2 aliphatic rings. The van der Waals surface area contributed by atoms with Gasteiger partial charge in [-0.1, -0.05) is 6.92 Å². The van der Waals surface area contributed by atoms with Crippen molar-refractivity contribution in [2.24, 2.45) is 11.7 Å². The van der Waals surface area contributed by atoms with Gasteiger partial charge in [0.25, 0.3) is 0 Å². The highest BCUT2D eigenvalue weighted by Crippen LogP contribution is 2.37. The summed E-state index contributed by atoms with van der Waals surface area (Å²) in [5.74, 6) is 0.767. The Morgan fingerprint density at radius 3 is 2.67 bits per heavy atom. The number of nitrogens with two attached hydrogens (primary N) is 1. The summed E-state index contributed by atoms with van der Waals surface area (Å²) in [6.07, 6.45) is 4.22. The molecule has 0 unspecified atom stereocenters. The predicted octanol–water partition coefficient (Wildman–Crippen LogP) is 1.35. The Bertz CT molecular complexity index is 247. The van der Waals surface area contributed by atoms with Gasteiger partial charge in [-0.15, -0.1) is 0 Å². The van der Waals surface area contributed by atoms with Crippen molar-refractivity contribution in [3.05, 3.63) is 0 Å². The number of carbonyl (C=O) groups is 1.